The lowest BCUT2D eigenvalue weighted by Gasteiger charge is -2.08. The SMILES string of the molecule is CCCCCOc1ccc(C(=O)NCC(=O)NCc2ccco2)cc1. The van der Waals surface area contributed by atoms with E-state index in [1.54, 1.807) is 42.7 Å². The summed E-state index contributed by atoms with van der Waals surface area (Å²) in [6, 6.07) is 10.4. The molecule has 2 N–H and O–H groups in total. The van der Waals surface area contributed by atoms with E-state index >= 15 is 0 Å². The fraction of sp³-hybridized carbons (Fsp3) is 0.368. The van der Waals surface area contributed by atoms with Crippen LogP contribution in [0.25, 0.3) is 0 Å². The van der Waals surface area contributed by atoms with Crippen LogP contribution >= 0.6 is 0 Å². The highest BCUT2D eigenvalue weighted by atomic mass is 16.5. The van der Waals surface area contributed by atoms with Crippen molar-refractivity contribution in [3.05, 3.63) is 54.0 Å². The lowest BCUT2D eigenvalue weighted by Crippen LogP contribution is -2.36. The molecule has 1 aromatic carbocycles. The number of ether oxygens (including phenoxy) is 1. The maximum absolute atomic E-state index is 12.0. The Morgan fingerprint density at radius 3 is 2.56 bits per heavy atom. The number of benzene rings is 1. The summed E-state index contributed by atoms with van der Waals surface area (Å²) < 4.78 is 10.7. The van der Waals surface area contributed by atoms with Crippen LogP contribution in [-0.4, -0.2) is 25.0 Å². The van der Waals surface area contributed by atoms with Gasteiger partial charge in [0.15, 0.2) is 0 Å². The van der Waals surface area contributed by atoms with Crippen LogP contribution in [0.5, 0.6) is 5.75 Å². The van der Waals surface area contributed by atoms with E-state index < -0.39 is 0 Å². The zero-order valence-electron chi connectivity index (χ0n) is 14.4. The summed E-state index contributed by atoms with van der Waals surface area (Å²) in [4.78, 5) is 23.8. The van der Waals surface area contributed by atoms with E-state index in [0.29, 0.717) is 24.5 Å². The average Bonchev–Trinajstić information content (AvgIpc) is 3.15. The largest absolute Gasteiger partial charge is 0.494 e. The number of hydrogen-bond acceptors (Lipinski definition) is 4. The fourth-order valence-corrected chi connectivity index (χ4v) is 2.17. The summed E-state index contributed by atoms with van der Waals surface area (Å²) >= 11 is 0. The lowest BCUT2D eigenvalue weighted by molar-refractivity contribution is -0.120. The molecule has 0 aliphatic carbocycles. The Bertz CT molecular complexity index is 651. The molecule has 1 aromatic heterocycles. The van der Waals surface area contributed by atoms with Gasteiger partial charge in [-0.1, -0.05) is 19.8 Å². The molecule has 0 bridgehead atoms. The number of unbranched alkanes of at least 4 members (excludes halogenated alkanes) is 2. The molecule has 0 saturated carbocycles. The highest BCUT2D eigenvalue weighted by molar-refractivity contribution is 5.96. The van der Waals surface area contributed by atoms with Crippen LogP contribution < -0.4 is 15.4 Å². The molecule has 6 nitrogen and oxygen atoms in total. The second-order valence-electron chi connectivity index (χ2n) is 5.62. The van der Waals surface area contributed by atoms with Crippen LogP contribution in [0, 0.1) is 0 Å². The minimum atomic E-state index is -0.300. The van der Waals surface area contributed by atoms with Gasteiger partial charge in [0.05, 0.1) is 26.0 Å². The van der Waals surface area contributed by atoms with Crippen molar-refractivity contribution in [3.63, 3.8) is 0 Å². The van der Waals surface area contributed by atoms with E-state index in [2.05, 4.69) is 17.6 Å². The first-order valence-corrected chi connectivity index (χ1v) is 8.49. The van der Waals surface area contributed by atoms with Crippen molar-refractivity contribution in [3.8, 4) is 5.75 Å². The number of nitrogens with one attached hydrogen (secondary N) is 2. The molecule has 0 fully saturated rings. The highest BCUT2D eigenvalue weighted by Gasteiger charge is 2.08. The van der Waals surface area contributed by atoms with Crippen molar-refractivity contribution >= 4 is 11.8 Å². The predicted molar refractivity (Wildman–Crippen MR) is 94.3 cm³/mol. The van der Waals surface area contributed by atoms with Gasteiger partial charge in [-0.2, -0.15) is 0 Å². The first-order chi connectivity index (χ1) is 12.2. The third kappa shape index (κ3) is 6.71. The number of carbonyl (C=O) groups excluding carboxylic acids is 2. The molecule has 0 atom stereocenters. The molecule has 0 unspecified atom stereocenters. The molecule has 0 aliphatic heterocycles. The van der Waals surface area contributed by atoms with Gasteiger partial charge in [-0.25, -0.2) is 0 Å². The van der Waals surface area contributed by atoms with E-state index in [0.717, 1.165) is 25.0 Å². The molecule has 6 heteroatoms. The third-order valence-electron chi connectivity index (χ3n) is 3.58. The second kappa shape index (κ2) is 10.2. The third-order valence-corrected chi connectivity index (χ3v) is 3.58. The van der Waals surface area contributed by atoms with Gasteiger partial charge in [-0.3, -0.25) is 9.59 Å². The first kappa shape index (κ1) is 18.6. The Morgan fingerprint density at radius 1 is 1.08 bits per heavy atom. The van der Waals surface area contributed by atoms with Crippen molar-refractivity contribution in [1.29, 1.82) is 0 Å². The van der Waals surface area contributed by atoms with Crippen LogP contribution in [0.2, 0.25) is 0 Å². The summed E-state index contributed by atoms with van der Waals surface area (Å²) in [7, 11) is 0. The topological polar surface area (TPSA) is 80.6 Å². The number of furan rings is 1. The van der Waals surface area contributed by atoms with Crippen molar-refractivity contribution < 1.29 is 18.7 Å². The molecule has 25 heavy (non-hydrogen) atoms. The minimum Gasteiger partial charge on any atom is -0.494 e. The van der Waals surface area contributed by atoms with Crippen molar-refractivity contribution in [2.75, 3.05) is 13.2 Å². The molecule has 2 amide bonds. The fourth-order valence-electron chi connectivity index (χ4n) is 2.17. The molecule has 0 radical (unpaired) electrons. The number of amides is 2. The smallest absolute Gasteiger partial charge is 0.251 e. The molecular formula is C19H24N2O4. The molecule has 2 rings (SSSR count). The summed E-state index contributed by atoms with van der Waals surface area (Å²) in [6.07, 6.45) is 4.85. The quantitative estimate of drug-likeness (QED) is 0.650. The van der Waals surface area contributed by atoms with Crippen LogP contribution in [-0.2, 0) is 11.3 Å². The van der Waals surface area contributed by atoms with E-state index in [4.69, 9.17) is 9.15 Å². The lowest BCUT2D eigenvalue weighted by atomic mass is 10.2. The minimum absolute atomic E-state index is 0.0885. The van der Waals surface area contributed by atoms with E-state index in [1.807, 2.05) is 0 Å². The number of hydrogen-bond donors (Lipinski definition) is 2. The summed E-state index contributed by atoms with van der Waals surface area (Å²) in [5, 5.41) is 5.25. The van der Waals surface area contributed by atoms with Crippen LogP contribution in [0.3, 0.4) is 0 Å². The summed E-state index contributed by atoms with van der Waals surface area (Å²) in [5.74, 6) is 0.823. The molecule has 134 valence electrons. The Hall–Kier alpha value is -2.76. The van der Waals surface area contributed by atoms with Gasteiger partial charge < -0.3 is 19.8 Å². The maximum Gasteiger partial charge on any atom is 0.251 e. The van der Waals surface area contributed by atoms with Crippen molar-refractivity contribution in [2.45, 2.75) is 32.7 Å². The van der Waals surface area contributed by atoms with Crippen molar-refractivity contribution in [2.24, 2.45) is 0 Å². The Kier molecular flexibility index (Phi) is 7.56. The van der Waals surface area contributed by atoms with Crippen LogP contribution in [0.1, 0.15) is 42.3 Å². The van der Waals surface area contributed by atoms with Gasteiger partial charge in [-0.15, -0.1) is 0 Å². The number of rotatable bonds is 10. The van der Waals surface area contributed by atoms with Gasteiger partial charge >= 0.3 is 0 Å². The van der Waals surface area contributed by atoms with Gasteiger partial charge in [0.2, 0.25) is 5.91 Å². The van der Waals surface area contributed by atoms with E-state index in [1.165, 1.54) is 0 Å². The maximum atomic E-state index is 12.0. The first-order valence-electron chi connectivity index (χ1n) is 8.49. The molecule has 0 aliphatic rings. The van der Waals surface area contributed by atoms with Gasteiger partial charge in [-0.05, 0) is 42.8 Å². The molecule has 2 aromatic rings. The normalized spacial score (nSPS) is 10.3. The number of carbonyl (C=O) groups is 2. The van der Waals surface area contributed by atoms with Crippen molar-refractivity contribution in [1.82, 2.24) is 10.6 Å². The standard InChI is InChI=1S/C19H24N2O4/c1-2-3-4-11-24-16-9-7-15(8-10-16)19(23)21-14-18(22)20-13-17-6-5-12-25-17/h5-10,12H,2-4,11,13-14H2,1H3,(H,20,22)(H,21,23). The summed E-state index contributed by atoms with van der Waals surface area (Å²) in [5.41, 5.74) is 0.486. The molecule has 0 spiro atoms. The van der Waals surface area contributed by atoms with Crippen LogP contribution in [0.4, 0.5) is 0 Å². The van der Waals surface area contributed by atoms with E-state index in [-0.39, 0.29) is 18.4 Å². The Morgan fingerprint density at radius 2 is 1.88 bits per heavy atom. The molecule has 1 heterocycles. The van der Waals surface area contributed by atoms with Gasteiger partial charge in [0.1, 0.15) is 11.5 Å². The summed E-state index contributed by atoms with van der Waals surface area (Å²) in [6.45, 7) is 3.03. The molecule has 0 saturated heterocycles. The van der Waals surface area contributed by atoms with Gasteiger partial charge in [0.25, 0.3) is 5.91 Å². The van der Waals surface area contributed by atoms with E-state index in [9.17, 15) is 9.59 Å². The highest BCUT2D eigenvalue weighted by Crippen LogP contribution is 2.13. The Balaban J connectivity index is 1.70. The molecular weight excluding hydrogens is 320 g/mol. The second-order valence-corrected chi connectivity index (χ2v) is 5.62. The monoisotopic (exact) mass is 344 g/mol. The van der Waals surface area contributed by atoms with Crippen LogP contribution in [0.15, 0.2) is 47.1 Å². The zero-order valence-corrected chi connectivity index (χ0v) is 14.4. The Labute approximate surface area is 147 Å². The van der Waals surface area contributed by atoms with Gasteiger partial charge in [0, 0.05) is 5.56 Å². The zero-order chi connectivity index (χ0) is 17.9. The predicted octanol–water partition coefficient (Wildman–Crippen LogP) is 2.89. The average molecular weight is 344 g/mol.